The number of carbonyl (C=O) groups excluding carboxylic acids is 2. The first-order valence-corrected chi connectivity index (χ1v) is 9.92. The van der Waals surface area contributed by atoms with E-state index in [1.807, 2.05) is 30.3 Å². The second kappa shape index (κ2) is 8.79. The molecule has 0 spiro atoms. The SMILES string of the molecule is CC(=O)N(CCc1ccc(S(N)(=O)=O)cc1)CC(=O)N(C)c1ccccc1. The molecule has 0 saturated heterocycles. The maximum atomic E-state index is 12.5. The van der Waals surface area contributed by atoms with Crippen molar-refractivity contribution in [3.63, 3.8) is 0 Å². The maximum Gasteiger partial charge on any atom is 0.246 e. The van der Waals surface area contributed by atoms with Gasteiger partial charge in [0.25, 0.3) is 0 Å². The van der Waals surface area contributed by atoms with Gasteiger partial charge >= 0.3 is 0 Å². The minimum atomic E-state index is -3.73. The number of hydrogen-bond acceptors (Lipinski definition) is 4. The molecule has 2 rings (SSSR count). The summed E-state index contributed by atoms with van der Waals surface area (Å²) in [4.78, 5) is 27.4. The Hall–Kier alpha value is -2.71. The van der Waals surface area contributed by atoms with Crippen LogP contribution in [0.2, 0.25) is 0 Å². The second-order valence-corrected chi connectivity index (χ2v) is 7.73. The molecule has 0 atom stereocenters. The average molecular weight is 389 g/mol. The highest BCUT2D eigenvalue weighted by atomic mass is 32.2. The molecule has 0 aromatic heterocycles. The minimum absolute atomic E-state index is 0.0318. The second-order valence-electron chi connectivity index (χ2n) is 6.17. The van der Waals surface area contributed by atoms with Crippen LogP contribution >= 0.6 is 0 Å². The van der Waals surface area contributed by atoms with Gasteiger partial charge in [-0.1, -0.05) is 30.3 Å². The van der Waals surface area contributed by atoms with E-state index in [9.17, 15) is 18.0 Å². The fourth-order valence-corrected chi connectivity index (χ4v) is 3.04. The van der Waals surface area contributed by atoms with E-state index in [1.54, 1.807) is 19.2 Å². The molecule has 2 aromatic rings. The molecule has 0 fully saturated rings. The predicted molar refractivity (Wildman–Crippen MR) is 104 cm³/mol. The average Bonchev–Trinajstić information content (AvgIpc) is 2.64. The number of rotatable bonds is 7. The number of anilines is 1. The number of likely N-dealkylation sites (N-methyl/N-ethyl adjacent to an activating group) is 1. The maximum absolute atomic E-state index is 12.5. The molecule has 0 saturated carbocycles. The molecular weight excluding hydrogens is 366 g/mol. The Labute approximate surface area is 159 Å². The summed E-state index contributed by atoms with van der Waals surface area (Å²) < 4.78 is 22.6. The van der Waals surface area contributed by atoms with Crippen molar-refractivity contribution in [1.29, 1.82) is 0 Å². The quantitative estimate of drug-likeness (QED) is 0.773. The van der Waals surface area contributed by atoms with E-state index >= 15 is 0 Å². The third-order valence-electron chi connectivity index (χ3n) is 4.21. The van der Waals surface area contributed by atoms with E-state index in [0.717, 1.165) is 11.3 Å². The van der Waals surface area contributed by atoms with E-state index < -0.39 is 10.0 Å². The van der Waals surface area contributed by atoms with Crippen LogP contribution in [0.15, 0.2) is 59.5 Å². The van der Waals surface area contributed by atoms with Gasteiger partial charge in [0.1, 0.15) is 6.54 Å². The first-order chi connectivity index (χ1) is 12.7. The van der Waals surface area contributed by atoms with Gasteiger partial charge in [-0.2, -0.15) is 0 Å². The molecule has 8 heteroatoms. The lowest BCUT2D eigenvalue weighted by Crippen LogP contribution is -2.41. The monoisotopic (exact) mass is 389 g/mol. The Bertz CT molecular complexity index is 896. The molecule has 2 N–H and O–H groups in total. The molecule has 0 bridgehead atoms. The molecular formula is C19H23N3O4S. The minimum Gasteiger partial charge on any atom is -0.333 e. The number of sulfonamides is 1. The first-order valence-electron chi connectivity index (χ1n) is 8.37. The number of nitrogens with two attached hydrogens (primary N) is 1. The molecule has 144 valence electrons. The molecule has 0 radical (unpaired) electrons. The van der Waals surface area contributed by atoms with Crippen LogP contribution in [-0.2, 0) is 26.0 Å². The lowest BCUT2D eigenvalue weighted by atomic mass is 10.1. The van der Waals surface area contributed by atoms with Crippen LogP contribution in [0, 0.1) is 0 Å². The van der Waals surface area contributed by atoms with Gasteiger partial charge in [-0.15, -0.1) is 0 Å². The number of benzene rings is 2. The number of amides is 2. The van der Waals surface area contributed by atoms with Gasteiger partial charge in [0.2, 0.25) is 21.8 Å². The van der Waals surface area contributed by atoms with Crippen molar-refractivity contribution in [3.05, 3.63) is 60.2 Å². The third-order valence-corrected chi connectivity index (χ3v) is 5.14. The van der Waals surface area contributed by atoms with Gasteiger partial charge in [0.15, 0.2) is 0 Å². The third kappa shape index (κ3) is 5.90. The normalized spacial score (nSPS) is 11.1. The molecule has 0 aliphatic carbocycles. The van der Waals surface area contributed by atoms with Crippen molar-refractivity contribution in [2.45, 2.75) is 18.2 Å². The van der Waals surface area contributed by atoms with Gasteiger partial charge in [-0.05, 0) is 36.2 Å². The molecule has 2 amide bonds. The number of nitrogens with zero attached hydrogens (tertiary/aromatic N) is 2. The summed E-state index contributed by atoms with van der Waals surface area (Å²) in [5.41, 5.74) is 1.60. The molecule has 0 aliphatic rings. The zero-order chi connectivity index (χ0) is 20.0. The van der Waals surface area contributed by atoms with E-state index in [0.29, 0.717) is 13.0 Å². The zero-order valence-electron chi connectivity index (χ0n) is 15.3. The number of carbonyl (C=O) groups is 2. The van der Waals surface area contributed by atoms with Gasteiger partial charge < -0.3 is 9.80 Å². The van der Waals surface area contributed by atoms with Crippen LogP contribution < -0.4 is 10.0 Å². The highest BCUT2D eigenvalue weighted by Crippen LogP contribution is 2.13. The molecule has 0 aliphatic heterocycles. The Balaban J connectivity index is 1.99. The summed E-state index contributed by atoms with van der Waals surface area (Å²) in [6.07, 6.45) is 0.493. The van der Waals surface area contributed by atoms with E-state index in [1.165, 1.54) is 28.9 Å². The van der Waals surface area contributed by atoms with Crippen LogP contribution in [0.1, 0.15) is 12.5 Å². The summed E-state index contributed by atoms with van der Waals surface area (Å²) in [6, 6.07) is 15.3. The van der Waals surface area contributed by atoms with Crippen molar-refractivity contribution in [1.82, 2.24) is 4.90 Å². The Morgan fingerprint density at radius 1 is 1.00 bits per heavy atom. The van der Waals surface area contributed by atoms with Crippen molar-refractivity contribution < 1.29 is 18.0 Å². The fourth-order valence-electron chi connectivity index (χ4n) is 2.52. The van der Waals surface area contributed by atoms with Crippen molar-refractivity contribution in [2.75, 3.05) is 25.0 Å². The van der Waals surface area contributed by atoms with Crippen LogP contribution in [0.4, 0.5) is 5.69 Å². The van der Waals surface area contributed by atoms with Crippen LogP contribution in [-0.4, -0.2) is 45.3 Å². The molecule has 2 aromatic carbocycles. The lowest BCUT2D eigenvalue weighted by molar-refractivity contribution is -0.133. The number of hydrogen-bond donors (Lipinski definition) is 1. The summed E-state index contributed by atoms with van der Waals surface area (Å²) in [7, 11) is -2.06. The van der Waals surface area contributed by atoms with Crippen LogP contribution in [0.3, 0.4) is 0 Å². The number of primary sulfonamides is 1. The topological polar surface area (TPSA) is 101 Å². The van der Waals surface area contributed by atoms with Gasteiger partial charge in [-0.25, -0.2) is 13.6 Å². The summed E-state index contributed by atoms with van der Waals surface area (Å²) in [5, 5.41) is 5.08. The highest BCUT2D eigenvalue weighted by molar-refractivity contribution is 7.89. The molecule has 27 heavy (non-hydrogen) atoms. The van der Waals surface area contributed by atoms with E-state index in [-0.39, 0.29) is 23.3 Å². The summed E-state index contributed by atoms with van der Waals surface area (Å²) in [6.45, 7) is 1.73. The van der Waals surface area contributed by atoms with E-state index in [4.69, 9.17) is 5.14 Å². The summed E-state index contributed by atoms with van der Waals surface area (Å²) >= 11 is 0. The van der Waals surface area contributed by atoms with Crippen LogP contribution in [0.5, 0.6) is 0 Å². The molecule has 0 heterocycles. The van der Waals surface area contributed by atoms with E-state index in [2.05, 4.69) is 0 Å². The Morgan fingerprint density at radius 2 is 1.59 bits per heavy atom. The van der Waals surface area contributed by atoms with Crippen LogP contribution in [0.25, 0.3) is 0 Å². The largest absolute Gasteiger partial charge is 0.333 e. The molecule has 0 unspecified atom stereocenters. The van der Waals surface area contributed by atoms with Crippen molar-refractivity contribution in [3.8, 4) is 0 Å². The number of para-hydroxylation sites is 1. The highest BCUT2D eigenvalue weighted by Gasteiger charge is 2.18. The van der Waals surface area contributed by atoms with Gasteiger partial charge in [-0.3, -0.25) is 9.59 Å². The predicted octanol–water partition coefficient (Wildman–Crippen LogP) is 1.39. The first kappa shape index (κ1) is 20.6. The van der Waals surface area contributed by atoms with Gasteiger partial charge in [0.05, 0.1) is 4.90 Å². The summed E-state index contributed by atoms with van der Waals surface area (Å²) in [5.74, 6) is -0.396. The fraction of sp³-hybridized carbons (Fsp3) is 0.263. The smallest absolute Gasteiger partial charge is 0.246 e. The standard InChI is InChI=1S/C19H23N3O4S/c1-15(23)22(14-19(24)21(2)17-6-4-3-5-7-17)13-12-16-8-10-18(11-9-16)27(20,25)26/h3-11H,12-14H2,1-2H3,(H2,20,25,26). The van der Waals surface area contributed by atoms with Crippen molar-refractivity contribution >= 4 is 27.5 Å². The zero-order valence-corrected chi connectivity index (χ0v) is 16.1. The Kier molecular flexibility index (Phi) is 6.70. The lowest BCUT2D eigenvalue weighted by Gasteiger charge is -2.24. The Morgan fingerprint density at radius 3 is 2.11 bits per heavy atom. The molecule has 7 nitrogen and oxygen atoms in total. The van der Waals surface area contributed by atoms with Crippen molar-refractivity contribution in [2.24, 2.45) is 5.14 Å². The van der Waals surface area contributed by atoms with Gasteiger partial charge in [0, 0.05) is 26.2 Å².